The minimum atomic E-state index is -4.60. The number of nitro groups is 1. The highest BCUT2D eigenvalue weighted by molar-refractivity contribution is 7.86. The van der Waals surface area contributed by atoms with E-state index in [0.717, 1.165) is 18.2 Å². The van der Waals surface area contributed by atoms with Crippen LogP contribution >= 0.6 is 24.0 Å². The zero-order valence-corrected chi connectivity index (χ0v) is 9.34. The van der Waals surface area contributed by atoms with E-state index in [0.29, 0.717) is 0 Å². The van der Waals surface area contributed by atoms with Gasteiger partial charge in [0, 0.05) is 11.1 Å². The van der Waals surface area contributed by atoms with Crippen LogP contribution < -0.4 is 0 Å². The number of halogens is 2. The number of hydrogen-bond acceptors (Lipinski definition) is 4. The molecule has 0 heterocycles. The average molecular weight is 274 g/mol. The molecule has 1 rings (SSSR count). The van der Waals surface area contributed by atoms with Gasteiger partial charge in [0.15, 0.2) is 4.90 Å². The molecule has 0 fully saturated rings. The van der Waals surface area contributed by atoms with Crippen LogP contribution in [0, 0.1) is 10.1 Å². The molecule has 0 saturated carbocycles. The van der Waals surface area contributed by atoms with Crippen molar-refractivity contribution in [1.82, 2.24) is 0 Å². The van der Waals surface area contributed by atoms with Crippen LogP contribution in [0.25, 0.3) is 0 Å². The molecule has 0 spiro atoms. The van der Waals surface area contributed by atoms with Crippen molar-refractivity contribution >= 4 is 39.8 Å². The van der Waals surface area contributed by atoms with Crippen LogP contribution in [0.15, 0.2) is 23.1 Å². The number of benzene rings is 1. The number of hydrogen-bond donors (Lipinski definition) is 1. The maximum absolute atomic E-state index is 10.7. The first-order chi connectivity index (χ1) is 6.32. The predicted molar refractivity (Wildman–Crippen MR) is 55.2 cm³/mol. The van der Waals surface area contributed by atoms with Gasteiger partial charge in [-0.2, -0.15) is 8.42 Å². The molecule has 0 radical (unpaired) electrons. The number of nitro benzene ring substituents is 1. The lowest BCUT2D eigenvalue weighted by atomic mass is 10.3. The topological polar surface area (TPSA) is 97.5 Å². The summed E-state index contributed by atoms with van der Waals surface area (Å²) in [4.78, 5) is 8.69. The van der Waals surface area contributed by atoms with Crippen LogP contribution in [-0.2, 0) is 10.1 Å². The maximum Gasteiger partial charge on any atom is 0.301 e. The van der Waals surface area contributed by atoms with Crippen LogP contribution in [0.5, 0.6) is 0 Å². The quantitative estimate of drug-likeness (QED) is 0.504. The van der Waals surface area contributed by atoms with Crippen molar-refractivity contribution in [1.29, 1.82) is 0 Å². The minimum Gasteiger partial charge on any atom is -0.282 e. The first-order valence-electron chi connectivity index (χ1n) is 3.24. The molecule has 0 saturated heterocycles. The van der Waals surface area contributed by atoms with E-state index >= 15 is 0 Å². The summed E-state index contributed by atoms with van der Waals surface area (Å²) in [5.41, 5.74) is -0.750. The Hall–Kier alpha value is -0.890. The van der Waals surface area contributed by atoms with Gasteiger partial charge in [0.2, 0.25) is 0 Å². The molecule has 0 amide bonds. The smallest absolute Gasteiger partial charge is 0.282 e. The van der Waals surface area contributed by atoms with Gasteiger partial charge in [-0.3, -0.25) is 14.7 Å². The summed E-state index contributed by atoms with van der Waals surface area (Å²) >= 11 is 5.43. The van der Waals surface area contributed by atoms with E-state index in [1.54, 1.807) is 0 Å². The van der Waals surface area contributed by atoms with E-state index in [-0.39, 0.29) is 17.4 Å². The van der Waals surface area contributed by atoms with E-state index < -0.39 is 25.6 Å². The van der Waals surface area contributed by atoms with Gasteiger partial charge in [-0.1, -0.05) is 11.6 Å². The van der Waals surface area contributed by atoms with E-state index in [4.69, 9.17) is 16.2 Å². The van der Waals surface area contributed by atoms with Gasteiger partial charge in [-0.25, -0.2) is 0 Å². The summed E-state index contributed by atoms with van der Waals surface area (Å²) in [5.74, 6) is 0. The molecule has 0 aliphatic heterocycles. The molecule has 1 N–H and O–H groups in total. The Kier molecular flexibility index (Phi) is 4.47. The Morgan fingerprint density at radius 1 is 1.40 bits per heavy atom. The molecule has 1 aromatic rings. The first-order valence-corrected chi connectivity index (χ1v) is 5.05. The van der Waals surface area contributed by atoms with Crippen LogP contribution in [0.1, 0.15) is 0 Å². The van der Waals surface area contributed by atoms with Gasteiger partial charge < -0.3 is 0 Å². The second kappa shape index (κ2) is 4.75. The first kappa shape index (κ1) is 14.1. The average Bonchev–Trinajstić information content (AvgIpc) is 2.01. The van der Waals surface area contributed by atoms with E-state index in [1.807, 2.05) is 0 Å². The third-order valence-electron chi connectivity index (χ3n) is 1.40. The van der Waals surface area contributed by atoms with E-state index in [2.05, 4.69) is 0 Å². The zero-order valence-electron chi connectivity index (χ0n) is 6.95. The van der Waals surface area contributed by atoms with Crippen molar-refractivity contribution in [3.05, 3.63) is 33.3 Å². The molecule has 0 bridgehead atoms. The van der Waals surface area contributed by atoms with Crippen LogP contribution in [0.3, 0.4) is 0 Å². The summed E-state index contributed by atoms with van der Waals surface area (Å²) in [5, 5.41) is 10.4. The molecular weight excluding hydrogens is 269 g/mol. The fourth-order valence-electron chi connectivity index (χ4n) is 0.851. The van der Waals surface area contributed by atoms with Crippen LogP contribution in [-0.4, -0.2) is 17.9 Å². The van der Waals surface area contributed by atoms with Crippen molar-refractivity contribution in [2.45, 2.75) is 4.90 Å². The molecule has 0 aliphatic rings. The monoisotopic (exact) mass is 273 g/mol. The summed E-state index contributed by atoms with van der Waals surface area (Å²) < 4.78 is 30.0. The second-order valence-corrected chi connectivity index (χ2v) is 4.17. The van der Waals surface area contributed by atoms with Crippen molar-refractivity contribution < 1.29 is 17.9 Å². The van der Waals surface area contributed by atoms with Gasteiger partial charge in [-0.15, -0.1) is 12.4 Å². The standard InChI is InChI=1S/C6H4ClNO5S.ClH/c7-4-1-2-6(14(11,12)13)5(3-4)8(9)10;/h1-3H,(H,11,12,13);1H. The third kappa shape index (κ3) is 3.31. The minimum absolute atomic E-state index is 0. The summed E-state index contributed by atoms with van der Waals surface area (Å²) in [6, 6.07) is 2.86. The summed E-state index contributed by atoms with van der Waals surface area (Å²) in [6.45, 7) is 0. The van der Waals surface area contributed by atoms with Gasteiger partial charge in [0.1, 0.15) is 0 Å². The largest absolute Gasteiger partial charge is 0.301 e. The number of rotatable bonds is 2. The summed E-state index contributed by atoms with van der Waals surface area (Å²) in [6.07, 6.45) is 0. The fraction of sp³-hybridized carbons (Fsp3) is 0. The molecule has 0 atom stereocenters. The molecule has 6 nitrogen and oxygen atoms in total. The van der Waals surface area contributed by atoms with Gasteiger partial charge in [-0.05, 0) is 12.1 Å². The normalized spacial score (nSPS) is 10.5. The number of nitrogens with zero attached hydrogens (tertiary/aromatic N) is 1. The van der Waals surface area contributed by atoms with Crippen molar-refractivity contribution in [3.8, 4) is 0 Å². The highest BCUT2D eigenvalue weighted by atomic mass is 35.5. The lowest BCUT2D eigenvalue weighted by molar-refractivity contribution is -0.387. The van der Waals surface area contributed by atoms with Gasteiger partial charge >= 0.3 is 10.1 Å². The predicted octanol–water partition coefficient (Wildman–Crippen LogP) is 1.92. The zero-order chi connectivity index (χ0) is 10.9. The lowest BCUT2D eigenvalue weighted by Crippen LogP contribution is -2.02. The van der Waals surface area contributed by atoms with Crippen LogP contribution in [0.4, 0.5) is 5.69 Å². The van der Waals surface area contributed by atoms with E-state index in [9.17, 15) is 18.5 Å². The van der Waals surface area contributed by atoms with Gasteiger partial charge in [0.05, 0.1) is 4.92 Å². The molecular formula is C6H5Cl2NO5S. The molecule has 15 heavy (non-hydrogen) atoms. The van der Waals surface area contributed by atoms with Crippen molar-refractivity contribution in [2.24, 2.45) is 0 Å². The van der Waals surface area contributed by atoms with E-state index in [1.165, 1.54) is 0 Å². The highest BCUT2D eigenvalue weighted by Crippen LogP contribution is 2.26. The highest BCUT2D eigenvalue weighted by Gasteiger charge is 2.23. The Morgan fingerprint density at radius 2 is 1.93 bits per heavy atom. The molecule has 9 heteroatoms. The third-order valence-corrected chi connectivity index (χ3v) is 2.53. The summed E-state index contributed by atoms with van der Waals surface area (Å²) in [7, 11) is -4.60. The van der Waals surface area contributed by atoms with Gasteiger partial charge in [0.25, 0.3) is 5.69 Å². The Labute approximate surface area is 96.2 Å². The second-order valence-electron chi connectivity index (χ2n) is 2.34. The van der Waals surface area contributed by atoms with Crippen molar-refractivity contribution in [3.63, 3.8) is 0 Å². The lowest BCUT2D eigenvalue weighted by Gasteiger charge is -1.98. The SMILES string of the molecule is Cl.O=[N+]([O-])c1cc(Cl)ccc1S(=O)(=O)O. The maximum atomic E-state index is 10.7. The molecule has 0 unspecified atom stereocenters. The Morgan fingerprint density at radius 3 is 2.33 bits per heavy atom. The molecule has 1 aromatic carbocycles. The molecule has 0 aliphatic carbocycles. The molecule has 0 aromatic heterocycles. The van der Waals surface area contributed by atoms with Crippen molar-refractivity contribution in [2.75, 3.05) is 0 Å². The molecule has 84 valence electrons. The Balaban J connectivity index is 0.00000196. The fourth-order valence-corrected chi connectivity index (χ4v) is 1.66. The Bertz CT molecular complexity index is 486. The van der Waals surface area contributed by atoms with Crippen LogP contribution in [0.2, 0.25) is 5.02 Å².